The molecule has 3 rings (SSSR count). The van der Waals surface area contributed by atoms with Crippen molar-refractivity contribution in [3.05, 3.63) is 6.20 Å². The molecule has 1 saturated heterocycles. The third-order valence-electron chi connectivity index (χ3n) is 3.00. The molecule has 2 fully saturated rings. The van der Waals surface area contributed by atoms with Crippen LogP contribution in [-0.2, 0) is 4.74 Å². The van der Waals surface area contributed by atoms with Gasteiger partial charge in [-0.25, -0.2) is 0 Å². The molecule has 1 unspecified atom stereocenters. The quantitative estimate of drug-likeness (QED) is 0.794. The summed E-state index contributed by atoms with van der Waals surface area (Å²) in [6, 6.07) is 0.546. The van der Waals surface area contributed by atoms with E-state index in [9.17, 15) is 0 Å². The molecular weight excluding hydrogens is 218 g/mol. The van der Waals surface area contributed by atoms with Gasteiger partial charge < -0.3 is 15.4 Å². The molecule has 0 bridgehead atoms. The average Bonchev–Trinajstić information content (AvgIpc) is 3.00. The van der Waals surface area contributed by atoms with Gasteiger partial charge in [-0.1, -0.05) is 0 Å². The van der Waals surface area contributed by atoms with Gasteiger partial charge in [0.1, 0.15) is 0 Å². The Morgan fingerprint density at radius 2 is 2.29 bits per heavy atom. The van der Waals surface area contributed by atoms with Crippen molar-refractivity contribution in [2.75, 3.05) is 23.8 Å². The Balaban J connectivity index is 1.53. The largest absolute Gasteiger partial charge is 0.376 e. The molecule has 0 radical (unpaired) electrons. The third kappa shape index (κ3) is 3.03. The Labute approximate surface area is 100 Å². The Morgan fingerprint density at radius 1 is 1.35 bits per heavy atom. The Kier molecular flexibility index (Phi) is 3.04. The highest BCUT2D eigenvalue weighted by Crippen LogP contribution is 2.22. The first-order valence-electron chi connectivity index (χ1n) is 6.22. The van der Waals surface area contributed by atoms with Crippen LogP contribution >= 0.6 is 0 Å². The summed E-state index contributed by atoms with van der Waals surface area (Å²) >= 11 is 0. The first kappa shape index (κ1) is 10.7. The van der Waals surface area contributed by atoms with Gasteiger partial charge in [-0.2, -0.15) is 10.1 Å². The second kappa shape index (κ2) is 4.83. The smallest absolute Gasteiger partial charge is 0.244 e. The summed E-state index contributed by atoms with van der Waals surface area (Å²) in [7, 11) is 0. The molecule has 1 aromatic rings. The van der Waals surface area contributed by atoms with Crippen LogP contribution in [-0.4, -0.2) is 40.5 Å². The number of hydrogen-bond acceptors (Lipinski definition) is 6. The van der Waals surface area contributed by atoms with E-state index < -0.39 is 0 Å². The van der Waals surface area contributed by atoms with E-state index in [1.54, 1.807) is 6.20 Å². The van der Waals surface area contributed by atoms with Crippen molar-refractivity contribution in [3.63, 3.8) is 0 Å². The molecule has 1 aliphatic carbocycles. The highest BCUT2D eigenvalue weighted by atomic mass is 16.5. The molecule has 2 heterocycles. The molecule has 1 aromatic heterocycles. The van der Waals surface area contributed by atoms with Crippen LogP contribution in [0.3, 0.4) is 0 Å². The van der Waals surface area contributed by atoms with E-state index in [-0.39, 0.29) is 0 Å². The highest BCUT2D eigenvalue weighted by Gasteiger charge is 2.22. The molecule has 2 N–H and O–H groups in total. The van der Waals surface area contributed by atoms with E-state index in [1.807, 2.05) is 0 Å². The average molecular weight is 235 g/mol. The van der Waals surface area contributed by atoms with E-state index in [0.29, 0.717) is 18.1 Å². The molecule has 1 saturated carbocycles. The zero-order chi connectivity index (χ0) is 11.5. The lowest BCUT2D eigenvalue weighted by Crippen LogP contribution is -2.19. The molecule has 6 nitrogen and oxygen atoms in total. The van der Waals surface area contributed by atoms with Gasteiger partial charge in [0.05, 0.1) is 12.3 Å². The van der Waals surface area contributed by atoms with Crippen LogP contribution < -0.4 is 10.6 Å². The van der Waals surface area contributed by atoms with Gasteiger partial charge in [-0.05, 0) is 25.7 Å². The summed E-state index contributed by atoms with van der Waals surface area (Å²) in [5.41, 5.74) is 0. The maximum absolute atomic E-state index is 5.54. The Hall–Kier alpha value is -1.43. The van der Waals surface area contributed by atoms with Crippen LogP contribution in [0.25, 0.3) is 0 Å². The molecule has 1 aliphatic heterocycles. The molecule has 0 spiro atoms. The van der Waals surface area contributed by atoms with Crippen LogP contribution in [0.5, 0.6) is 0 Å². The summed E-state index contributed by atoms with van der Waals surface area (Å²) < 4.78 is 5.54. The van der Waals surface area contributed by atoms with Crippen LogP contribution in [0.4, 0.5) is 11.8 Å². The number of hydrogen-bond donors (Lipinski definition) is 2. The van der Waals surface area contributed by atoms with Crippen molar-refractivity contribution in [2.45, 2.75) is 37.8 Å². The molecule has 2 aliphatic rings. The monoisotopic (exact) mass is 235 g/mol. The SMILES string of the molecule is c1nnc(NC2CC2)nc1NCC1CCCO1. The van der Waals surface area contributed by atoms with Gasteiger partial charge in [-0.15, -0.1) is 5.10 Å². The van der Waals surface area contributed by atoms with E-state index >= 15 is 0 Å². The molecule has 17 heavy (non-hydrogen) atoms. The number of rotatable bonds is 5. The number of ether oxygens (including phenoxy) is 1. The van der Waals surface area contributed by atoms with Crippen LogP contribution in [0, 0.1) is 0 Å². The first-order valence-corrected chi connectivity index (χ1v) is 6.22. The Morgan fingerprint density at radius 3 is 3.06 bits per heavy atom. The zero-order valence-electron chi connectivity index (χ0n) is 9.72. The van der Waals surface area contributed by atoms with Gasteiger partial charge >= 0.3 is 0 Å². The van der Waals surface area contributed by atoms with Gasteiger partial charge in [0.25, 0.3) is 0 Å². The van der Waals surface area contributed by atoms with Gasteiger partial charge in [0.15, 0.2) is 5.82 Å². The molecule has 1 atom stereocenters. The minimum absolute atomic E-state index is 0.310. The normalized spacial score (nSPS) is 23.6. The van der Waals surface area contributed by atoms with E-state index in [2.05, 4.69) is 25.8 Å². The second-order valence-corrected chi connectivity index (χ2v) is 4.60. The van der Waals surface area contributed by atoms with Crippen molar-refractivity contribution >= 4 is 11.8 Å². The molecule has 92 valence electrons. The summed E-state index contributed by atoms with van der Waals surface area (Å²) in [5.74, 6) is 1.38. The molecule has 0 aromatic carbocycles. The van der Waals surface area contributed by atoms with Crippen molar-refractivity contribution in [1.82, 2.24) is 15.2 Å². The fourth-order valence-electron chi connectivity index (χ4n) is 1.88. The van der Waals surface area contributed by atoms with Crippen molar-refractivity contribution in [1.29, 1.82) is 0 Å². The van der Waals surface area contributed by atoms with Crippen LogP contribution in [0.15, 0.2) is 6.20 Å². The lowest BCUT2D eigenvalue weighted by Gasteiger charge is -2.11. The van der Waals surface area contributed by atoms with E-state index in [4.69, 9.17) is 4.74 Å². The fourth-order valence-corrected chi connectivity index (χ4v) is 1.88. The summed E-state index contributed by atoms with van der Waals surface area (Å²) in [6.45, 7) is 1.67. The lowest BCUT2D eigenvalue weighted by molar-refractivity contribution is 0.120. The number of nitrogens with zero attached hydrogens (tertiary/aromatic N) is 3. The van der Waals surface area contributed by atoms with Gasteiger partial charge in [-0.3, -0.25) is 0 Å². The highest BCUT2D eigenvalue weighted by molar-refractivity contribution is 5.38. The fraction of sp³-hybridized carbons (Fsp3) is 0.727. The number of aromatic nitrogens is 3. The predicted molar refractivity (Wildman–Crippen MR) is 63.9 cm³/mol. The maximum Gasteiger partial charge on any atom is 0.244 e. The second-order valence-electron chi connectivity index (χ2n) is 4.60. The molecule has 6 heteroatoms. The summed E-state index contributed by atoms with van der Waals surface area (Å²) in [4.78, 5) is 4.36. The van der Waals surface area contributed by atoms with Crippen molar-refractivity contribution < 1.29 is 4.74 Å². The predicted octanol–water partition coefficient (Wildman–Crippen LogP) is 1.04. The zero-order valence-corrected chi connectivity index (χ0v) is 9.72. The van der Waals surface area contributed by atoms with E-state index in [1.165, 1.54) is 12.8 Å². The molecule has 0 amide bonds. The van der Waals surface area contributed by atoms with E-state index in [0.717, 1.165) is 31.8 Å². The summed E-state index contributed by atoms with van der Waals surface area (Å²) in [6.07, 6.45) is 6.65. The number of nitrogens with one attached hydrogen (secondary N) is 2. The lowest BCUT2D eigenvalue weighted by atomic mass is 10.2. The minimum atomic E-state index is 0.310. The van der Waals surface area contributed by atoms with Crippen LogP contribution in [0.2, 0.25) is 0 Å². The van der Waals surface area contributed by atoms with Crippen molar-refractivity contribution in [3.8, 4) is 0 Å². The van der Waals surface area contributed by atoms with Crippen molar-refractivity contribution in [2.24, 2.45) is 0 Å². The maximum atomic E-state index is 5.54. The topological polar surface area (TPSA) is 72.0 Å². The van der Waals surface area contributed by atoms with Crippen LogP contribution in [0.1, 0.15) is 25.7 Å². The van der Waals surface area contributed by atoms with Gasteiger partial charge in [0.2, 0.25) is 5.95 Å². The number of anilines is 2. The third-order valence-corrected chi connectivity index (χ3v) is 3.00. The summed E-state index contributed by atoms with van der Waals surface area (Å²) in [5, 5.41) is 14.4. The molecular formula is C11H17N5O. The van der Waals surface area contributed by atoms with Gasteiger partial charge in [0, 0.05) is 19.2 Å². The Bertz CT molecular complexity index is 376. The standard InChI is InChI=1S/C11H17N5O/c1-2-9(17-5-1)6-12-10-7-13-16-11(15-10)14-8-3-4-8/h7-9H,1-6H2,(H2,12,14,15,16). The first-order chi connectivity index (χ1) is 8.40. The minimum Gasteiger partial charge on any atom is -0.376 e.